The lowest BCUT2D eigenvalue weighted by molar-refractivity contribution is -0.116. The quantitative estimate of drug-likeness (QED) is 0.908. The van der Waals surface area contributed by atoms with Gasteiger partial charge >= 0.3 is 0 Å². The lowest BCUT2D eigenvalue weighted by atomic mass is 10.0. The van der Waals surface area contributed by atoms with E-state index in [1.54, 1.807) is 12.1 Å². The van der Waals surface area contributed by atoms with Gasteiger partial charge in [-0.25, -0.2) is 8.42 Å². The van der Waals surface area contributed by atoms with E-state index in [9.17, 15) is 13.2 Å². The third kappa shape index (κ3) is 3.07. The van der Waals surface area contributed by atoms with Crippen molar-refractivity contribution >= 4 is 27.3 Å². The van der Waals surface area contributed by atoms with E-state index in [0.717, 1.165) is 16.7 Å². The molecule has 1 heterocycles. The fourth-order valence-electron chi connectivity index (χ4n) is 2.70. The van der Waals surface area contributed by atoms with Crippen LogP contribution in [0.25, 0.3) is 0 Å². The maximum Gasteiger partial charge on any atom is 0.261 e. The van der Waals surface area contributed by atoms with Crippen LogP contribution in [-0.4, -0.2) is 14.3 Å². The molecule has 23 heavy (non-hydrogen) atoms. The Bertz CT molecular complexity index is 868. The van der Waals surface area contributed by atoms with Crippen LogP contribution in [0.5, 0.6) is 0 Å². The highest BCUT2D eigenvalue weighted by Crippen LogP contribution is 2.28. The van der Waals surface area contributed by atoms with Crippen LogP contribution >= 0.6 is 0 Å². The summed E-state index contributed by atoms with van der Waals surface area (Å²) in [5.74, 6) is -0.0400. The van der Waals surface area contributed by atoms with E-state index in [4.69, 9.17) is 0 Å². The molecule has 0 bridgehead atoms. The fraction of sp³-hybridized carbons (Fsp3) is 0.235. The lowest BCUT2D eigenvalue weighted by Crippen LogP contribution is -2.20. The summed E-state index contributed by atoms with van der Waals surface area (Å²) >= 11 is 0. The van der Waals surface area contributed by atoms with Crippen molar-refractivity contribution in [1.29, 1.82) is 0 Å². The maximum absolute atomic E-state index is 12.7. The number of amides is 1. The molecule has 2 aromatic rings. The average Bonchev–Trinajstić information content (AvgIpc) is 2.50. The molecule has 1 amide bonds. The summed E-state index contributed by atoms with van der Waals surface area (Å²) in [5, 5.41) is 2.75. The Hall–Kier alpha value is -2.34. The van der Waals surface area contributed by atoms with Crippen LogP contribution in [-0.2, 0) is 21.2 Å². The molecule has 1 aliphatic heterocycles. The number of carbonyl (C=O) groups excluding carboxylic acids is 1. The Morgan fingerprint density at radius 2 is 1.74 bits per heavy atom. The van der Waals surface area contributed by atoms with Gasteiger partial charge in [-0.1, -0.05) is 18.2 Å². The van der Waals surface area contributed by atoms with Crippen molar-refractivity contribution in [1.82, 2.24) is 0 Å². The van der Waals surface area contributed by atoms with E-state index in [1.807, 2.05) is 32.0 Å². The van der Waals surface area contributed by atoms with Crippen molar-refractivity contribution in [3.8, 4) is 0 Å². The Kier molecular flexibility index (Phi) is 3.85. The second-order valence-electron chi connectivity index (χ2n) is 5.74. The van der Waals surface area contributed by atoms with E-state index >= 15 is 0 Å². The van der Waals surface area contributed by atoms with E-state index in [1.165, 1.54) is 6.07 Å². The number of aryl methyl sites for hydroxylation is 3. The monoisotopic (exact) mass is 330 g/mol. The zero-order valence-corrected chi connectivity index (χ0v) is 13.8. The third-order valence-electron chi connectivity index (χ3n) is 4.00. The van der Waals surface area contributed by atoms with Gasteiger partial charge in [-0.3, -0.25) is 9.52 Å². The van der Waals surface area contributed by atoms with Gasteiger partial charge < -0.3 is 5.32 Å². The van der Waals surface area contributed by atoms with Gasteiger partial charge in [0.1, 0.15) is 0 Å². The van der Waals surface area contributed by atoms with E-state index < -0.39 is 10.0 Å². The number of para-hydroxylation sites is 1. The summed E-state index contributed by atoms with van der Waals surface area (Å²) in [7, 11) is -3.67. The smallest absolute Gasteiger partial charge is 0.261 e. The summed E-state index contributed by atoms with van der Waals surface area (Å²) < 4.78 is 28.0. The van der Waals surface area contributed by atoms with Crippen molar-refractivity contribution in [2.75, 3.05) is 10.0 Å². The van der Waals surface area contributed by atoms with Crippen molar-refractivity contribution in [3.63, 3.8) is 0 Å². The van der Waals surface area contributed by atoms with Crippen LogP contribution in [0.2, 0.25) is 0 Å². The van der Waals surface area contributed by atoms with Crippen molar-refractivity contribution in [2.24, 2.45) is 0 Å². The van der Waals surface area contributed by atoms with Gasteiger partial charge in [0.2, 0.25) is 5.91 Å². The zero-order valence-electron chi connectivity index (χ0n) is 13.0. The number of fused-ring (bicyclic) bond motifs is 1. The lowest BCUT2D eigenvalue weighted by Gasteiger charge is -2.18. The van der Waals surface area contributed by atoms with Gasteiger partial charge in [0.05, 0.1) is 10.6 Å². The summed E-state index contributed by atoms with van der Waals surface area (Å²) in [4.78, 5) is 11.6. The van der Waals surface area contributed by atoms with Crippen LogP contribution in [0.4, 0.5) is 11.4 Å². The normalized spacial score (nSPS) is 14.1. The summed E-state index contributed by atoms with van der Waals surface area (Å²) in [6, 6.07) is 10.4. The molecule has 0 radical (unpaired) electrons. The van der Waals surface area contributed by atoms with E-state index in [2.05, 4.69) is 10.0 Å². The number of sulfonamides is 1. The number of nitrogens with one attached hydrogen (secondary N) is 2. The SMILES string of the molecule is Cc1cccc(C)c1NS(=O)(=O)c1ccc2c(c1)CCC(=O)N2. The first kappa shape index (κ1) is 15.6. The molecule has 6 heteroatoms. The molecule has 0 saturated heterocycles. The molecular formula is C17H18N2O3S. The number of hydrogen-bond acceptors (Lipinski definition) is 3. The van der Waals surface area contributed by atoms with Gasteiger partial charge in [0.25, 0.3) is 10.0 Å². The van der Waals surface area contributed by atoms with Crippen LogP contribution in [0, 0.1) is 13.8 Å². The molecule has 0 atom stereocenters. The van der Waals surface area contributed by atoms with Gasteiger partial charge in [0.15, 0.2) is 0 Å². The molecule has 3 rings (SSSR count). The number of carbonyl (C=O) groups is 1. The number of anilines is 2. The second-order valence-corrected chi connectivity index (χ2v) is 7.42. The van der Waals surface area contributed by atoms with Gasteiger partial charge in [-0.05, 0) is 55.2 Å². The molecule has 1 aliphatic rings. The molecule has 0 saturated carbocycles. The molecule has 0 unspecified atom stereocenters. The first-order chi connectivity index (χ1) is 10.9. The highest BCUT2D eigenvalue weighted by Gasteiger charge is 2.21. The molecule has 120 valence electrons. The second kappa shape index (κ2) is 5.70. The van der Waals surface area contributed by atoms with Crippen LogP contribution in [0.1, 0.15) is 23.1 Å². The van der Waals surface area contributed by atoms with Crippen LogP contribution in [0.3, 0.4) is 0 Å². The number of benzene rings is 2. The first-order valence-corrected chi connectivity index (χ1v) is 8.87. The third-order valence-corrected chi connectivity index (χ3v) is 5.35. The number of hydrogen-bond donors (Lipinski definition) is 2. The topological polar surface area (TPSA) is 75.3 Å². The molecule has 0 aromatic heterocycles. The highest BCUT2D eigenvalue weighted by molar-refractivity contribution is 7.92. The van der Waals surface area contributed by atoms with Gasteiger partial charge in [-0.2, -0.15) is 0 Å². The van der Waals surface area contributed by atoms with E-state index in [0.29, 0.717) is 24.2 Å². The zero-order chi connectivity index (χ0) is 16.6. The van der Waals surface area contributed by atoms with Gasteiger partial charge in [-0.15, -0.1) is 0 Å². The fourth-order valence-corrected chi connectivity index (χ4v) is 3.95. The minimum Gasteiger partial charge on any atom is -0.326 e. The average molecular weight is 330 g/mol. The predicted octanol–water partition coefficient (Wildman–Crippen LogP) is 2.99. The Morgan fingerprint density at radius 3 is 2.43 bits per heavy atom. The molecule has 0 aliphatic carbocycles. The van der Waals surface area contributed by atoms with E-state index in [-0.39, 0.29) is 10.8 Å². The summed E-state index contributed by atoms with van der Waals surface area (Å²) in [6.45, 7) is 3.74. The maximum atomic E-state index is 12.7. The predicted molar refractivity (Wildman–Crippen MR) is 90.1 cm³/mol. The Balaban J connectivity index is 1.96. The minimum atomic E-state index is -3.67. The van der Waals surface area contributed by atoms with Crippen molar-refractivity contribution < 1.29 is 13.2 Å². The highest BCUT2D eigenvalue weighted by atomic mass is 32.2. The van der Waals surface area contributed by atoms with Crippen molar-refractivity contribution in [2.45, 2.75) is 31.6 Å². The Morgan fingerprint density at radius 1 is 1.04 bits per heavy atom. The molecule has 2 aromatic carbocycles. The first-order valence-electron chi connectivity index (χ1n) is 7.38. The largest absolute Gasteiger partial charge is 0.326 e. The molecular weight excluding hydrogens is 312 g/mol. The standard InChI is InChI=1S/C17H18N2O3S/c1-11-4-3-5-12(2)17(11)19-23(21,22)14-7-8-15-13(10-14)6-9-16(20)18-15/h3-5,7-8,10,19H,6,9H2,1-2H3,(H,18,20). The summed E-state index contributed by atoms with van der Waals surface area (Å²) in [6.07, 6.45) is 0.925. The summed E-state index contributed by atoms with van der Waals surface area (Å²) in [5.41, 5.74) is 3.89. The van der Waals surface area contributed by atoms with Gasteiger partial charge in [0, 0.05) is 12.1 Å². The minimum absolute atomic E-state index is 0.0400. The van der Waals surface area contributed by atoms with Crippen molar-refractivity contribution in [3.05, 3.63) is 53.1 Å². The number of rotatable bonds is 3. The molecule has 2 N–H and O–H groups in total. The van der Waals surface area contributed by atoms with Crippen LogP contribution < -0.4 is 10.0 Å². The molecule has 0 spiro atoms. The molecule has 0 fully saturated rings. The van der Waals surface area contributed by atoms with Crippen LogP contribution in [0.15, 0.2) is 41.3 Å². The Labute approximate surface area is 135 Å². The molecule has 5 nitrogen and oxygen atoms in total.